The lowest BCUT2D eigenvalue weighted by molar-refractivity contribution is 0.0422. The van der Waals surface area contributed by atoms with Gasteiger partial charge < -0.3 is 9.64 Å². The molecular formula is C20H22N4O4S. The van der Waals surface area contributed by atoms with Crippen molar-refractivity contribution in [2.24, 2.45) is 0 Å². The number of nitrogens with zero attached hydrogens (tertiary/aromatic N) is 3. The normalized spacial score (nSPS) is 16.5. The second-order valence-corrected chi connectivity index (χ2v) is 8.39. The number of hydrogen-bond donors (Lipinski definition) is 1. The van der Waals surface area contributed by atoms with Crippen molar-refractivity contribution < 1.29 is 17.9 Å². The molecule has 0 spiro atoms. The molecule has 2 heterocycles. The zero-order valence-electron chi connectivity index (χ0n) is 15.8. The van der Waals surface area contributed by atoms with Crippen LogP contribution >= 0.6 is 0 Å². The van der Waals surface area contributed by atoms with Crippen molar-refractivity contribution in [3.63, 3.8) is 0 Å². The number of amides is 1. The Morgan fingerprint density at radius 1 is 1.28 bits per heavy atom. The summed E-state index contributed by atoms with van der Waals surface area (Å²) in [6, 6.07) is 13.3. The molecule has 0 unspecified atom stereocenters. The van der Waals surface area contributed by atoms with Gasteiger partial charge in [0.05, 0.1) is 29.4 Å². The Kier molecular flexibility index (Phi) is 6.93. The molecule has 3 rings (SSSR count). The molecular weight excluding hydrogens is 392 g/mol. The molecule has 1 fully saturated rings. The van der Waals surface area contributed by atoms with Crippen LogP contribution in [0.25, 0.3) is 0 Å². The first-order valence-corrected chi connectivity index (χ1v) is 10.8. The predicted octanol–water partition coefficient (Wildman–Crippen LogP) is 1.70. The van der Waals surface area contributed by atoms with Crippen LogP contribution in [-0.2, 0) is 21.4 Å². The van der Waals surface area contributed by atoms with E-state index in [1.165, 1.54) is 24.3 Å². The number of carbonyl (C=O) groups is 1. The molecule has 1 atom stereocenters. The highest BCUT2D eigenvalue weighted by molar-refractivity contribution is 7.89. The fourth-order valence-corrected chi connectivity index (χ4v) is 4.05. The number of aromatic nitrogens is 1. The first-order valence-electron chi connectivity index (χ1n) is 9.27. The van der Waals surface area contributed by atoms with Crippen LogP contribution < -0.4 is 4.72 Å². The van der Waals surface area contributed by atoms with Crippen molar-refractivity contribution in [2.75, 3.05) is 19.6 Å². The van der Waals surface area contributed by atoms with Gasteiger partial charge in [-0.25, -0.2) is 13.1 Å². The number of ether oxygens (including phenoxy) is 1. The van der Waals surface area contributed by atoms with E-state index in [1.54, 1.807) is 11.1 Å². The first kappa shape index (κ1) is 20.9. The fourth-order valence-electron chi connectivity index (χ4n) is 3.02. The molecule has 1 aromatic carbocycles. The van der Waals surface area contributed by atoms with Gasteiger partial charge in [0, 0.05) is 37.8 Å². The average molecular weight is 414 g/mol. The largest absolute Gasteiger partial charge is 0.370 e. The second-order valence-electron chi connectivity index (χ2n) is 6.62. The number of rotatable bonds is 8. The SMILES string of the molecule is N#CCCNS(=O)(=O)c1ccc(C(=O)N2CC[C@@H](OCc3ccccn3)C2)cc1. The molecule has 1 N–H and O–H groups in total. The molecule has 9 heteroatoms. The van der Waals surface area contributed by atoms with Crippen molar-refractivity contribution in [2.45, 2.75) is 30.4 Å². The number of sulfonamides is 1. The molecule has 0 bridgehead atoms. The Bertz CT molecular complexity index is 972. The zero-order valence-corrected chi connectivity index (χ0v) is 16.6. The van der Waals surface area contributed by atoms with Gasteiger partial charge in [-0.05, 0) is 42.8 Å². The van der Waals surface area contributed by atoms with Crippen molar-refractivity contribution in [3.8, 4) is 6.07 Å². The van der Waals surface area contributed by atoms with Crippen LogP contribution in [0.1, 0.15) is 28.9 Å². The van der Waals surface area contributed by atoms with E-state index in [-0.39, 0.29) is 29.9 Å². The van der Waals surface area contributed by atoms with E-state index < -0.39 is 10.0 Å². The van der Waals surface area contributed by atoms with Crippen LogP contribution in [0.4, 0.5) is 0 Å². The molecule has 1 aliphatic heterocycles. The maximum atomic E-state index is 12.7. The van der Waals surface area contributed by atoms with E-state index in [1.807, 2.05) is 24.3 Å². The predicted molar refractivity (Wildman–Crippen MR) is 105 cm³/mol. The zero-order chi connectivity index (χ0) is 20.7. The minimum Gasteiger partial charge on any atom is -0.370 e. The number of nitrogens with one attached hydrogen (secondary N) is 1. The van der Waals surface area contributed by atoms with Crippen LogP contribution in [0.3, 0.4) is 0 Å². The van der Waals surface area contributed by atoms with Crippen molar-refractivity contribution >= 4 is 15.9 Å². The standard InChI is InChI=1S/C20H22N4O4S/c21-10-3-12-23-29(26,27)19-7-5-16(6-8-19)20(25)24-13-9-18(14-24)28-15-17-4-1-2-11-22-17/h1-2,4-8,11,18,23H,3,9,12-15H2/t18-/m1/s1. The second kappa shape index (κ2) is 9.60. The Hall–Kier alpha value is -2.80. The van der Waals surface area contributed by atoms with Gasteiger partial charge in [-0.3, -0.25) is 9.78 Å². The number of benzene rings is 1. The summed E-state index contributed by atoms with van der Waals surface area (Å²) in [5, 5.41) is 8.51. The summed E-state index contributed by atoms with van der Waals surface area (Å²) in [7, 11) is -3.69. The Morgan fingerprint density at radius 3 is 2.76 bits per heavy atom. The maximum absolute atomic E-state index is 12.7. The van der Waals surface area contributed by atoms with Gasteiger partial charge in [0.2, 0.25) is 10.0 Å². The maximum Gasteiger partial charge on any atom is 0.253 e. The number of pyridine rings is 1. The Morgan fingerprint density at radius 2 is 2.07 bits per heavy atom. The summed E-state index contributed by atoms with van der Waals surface area (Å²) in [5.41, 5.74) is 1.27. The van der Waals surface area contributed by atoms with Crippen molar-refractivity contribution in [1.29, 1.82) is 5.26 Å². The third-order valence-electron chi connectivity index (χ3n) is 4.57. The van der Waals surface area contributed by atoms with Gasteiger partial charge in [0.25, 0.3) is 5.91 Å². The third kappa shape index (κ3) is 5.60. The molecule has 1 aliphatic rings. The summed E-state index contributed by atoms with van der Waals surface area (Å²) in [6.07, 6.45) is 2.50. The Labute approximate surface area is 170 Å². The molecule has 29 heavy (non-hydrogen) atoms. The average Bonchev–Trinajstić information content (AvgIpc) is 3.22. The number of carbonyl (C=O) groups excluding carboxylic acids is 1. The Balaban J connectivity index is 1.55. The van der Waals surface area contributed by atoms with Crippen LogP contribution in [0, 0.1) is 11.3 Å². The number of nitriles is 1. The van der Waals surface area contributed by atoms with Gasteiger partial charge >= 0.3 is 0 Å². The molecule has 1 saturated heterocycles. The van der Waals surface area contributed by atoms with Gasteiger partial charge in [0.15, 0.2) is 0 Å². The van der Waals surface area contributed by atoms with E-state index in [0.29, 0.717) is 25.3 Å². The quantitative estimate of drug-likeness (QED) is 0.658. The number of likely N-dealkylation sites (tertiary alicyclic amines) is 1. The van der Waals surface area contributed by atoms with Crippen LogP contribution in [-0.4, -0.2) is 49.9 Å². The highest BCUT2D eigenvalue weighted by atomic mass is 32.2. The molecule has 1 amide bonds. The molecule has 0 aliphatic carbocycles. The topological polar surface area (TPSA) is 112 Å². The van der Waals surface area contributed by atoms with Crippen LogP contribution in [0.5, 0.6) is 0 Å². The van der Waals surface area contributed by atoms with Gasteiger partial charge in [-0.1, -0.05) is 6.07 Å². The lowest BCUT2D eigenvalue weighted by Gasteiger charge is -2.17. The first-order chi connectivity index (χ1) is 14.0. The molecule has 8 nitrogen and oxygen atoms in total. The van der Waals surface area contributed by atoms with E-state index in [0.717, 1.165) is 12.1 Å². The molecule has 2 aromatic rings. The molecule has 152 valence electrons. The molecule has 1 aromatic heterocycles. The molecule has 0 saturated carbocycles. The number of hydrogen-bond acceptors (Lipinski definition) is 6. The van der Waals surface area contributed by atoms with Gasteiger partial charge in [0.1, 0.15) is 0 Å². The van der Waals surface area contributed by atoms with E-state index >= 15 is 0 Å². The van der Waals surface area contributed by atoms with Crippen LogP contribution in [0.15, 0.2) is 53.6 Å². The minimum atomic E-state index is -3.69. The van der Waals surface area contributed by atoms with E-state index in [4.69, 9.17) is 10.00 Å². The monoisotopic (exact) mass is 414 g/mol. The highest BCUT2D eigenvalue weighted by Gasteiger charge is 2.28. The summed E-state index contributed by atoms with van der Waals surface area (Å²) in [6.45, 7) is 1.52. The highest BCUT2D eigenvalue weighted by Crippen LogP contribution is 2.18. The van der Waals surface area contributed by atoms with Gasteiger partial charge in [-0.2, -0.15) is 5.26 Å². The summed E-state index contributed by atoms with van der Waals surface area (Å²) in [4.78, 5) is 18.7. The minimum absolute atomic E-state index is 0.0488. The van der Waals surface area contributed by atoms with Crippen LogP contribution in [0.2, 0.25) is 0 Å². The van der Waals surface area contributed by atoms with Crippen molar-refractivity contribution in [3.05, 3.63) is 59.9 Å². The molecule has 0 radical (unpaired) electrons. The smallest absolute Gasteiger partial charge is 0.253 e. The van der Waals surface area contributed by atoms with Gasteiger partial charge in [-0.15, -0.1) is 0 Å². The summed E-state index contributed by atoms with van der Waals surface area (Å²) >= 11 is 0. The van der Waals surface area contributed by atoms with E-state index in [2.05, 4.69) is 9.71 Å². The third-order valence-corrected chi connectivity index (χ3v) is 6.04. The van der Waals surface area contributed by atoms with E-state index in [9.17, 15) is 13.2 Å². The lowest BCUT2D eigenvalue weighted by Crippen LogP contribution is -2.30. The van der Waals surface area contributed by atoms with Crippen molar-refractivity contribution in [1.82, 2.24) is 14.6 Å². The fraction of sp³-hybridized carbons (Fsp3) is 0.350. The lowest BCUT2D eigenvalue weighted by atomic mass is 10.2. The summed E-state index contributed by atoms with van der Waals surface area (Å²) in [5.74, 6) is -0.157. The summed E-state index contributed by atoms with van der Waals surface area (Å²) < 4.78 is 32.5.